The number of amides is 1. The third kappa shape index (κ3) is 7.10. The highest BCUT2D eigenvalue weighted by atomic mass is 31.2. The Morgan fingerprint density at radius 1 is 1.29 bits per heavy atom. The van der Waals surface area contributed by atoms with Gasteiger partial charge >= 0.3 is 13.6 Å². The summed E-state index contributed by atoms with van der Waals surface area (Å²) in [5.41, 5.74) is -0.754. The van der Waals surface area contributed by atoms with E-state index in [2.05, 4.69) is 5.32 Å². The largest absolute Gasteiger partial charge is 0.480 e. The molecule has 4 N–H and O–H groups in total. The van der Waals surface area contributed by atoms with Crippen LogP contribution in [0, 0.1) is 5.41 Å². The number of rotatable bonds is 5. The zero-order valence-corrected chi connectivity index (χ0v) is 10.9. The van der Waals surface area contributed by atoms with E-state index in [1.807, 2.05) is 0 Å². The highest BCUT2D eigenvalue weighted by Gasteiger charge is 2.28. The van der Waals surface area contributed by atoms with Crippen molar-refractivity contribution < 1.29 is 29.0 Å². The van der Waals surface area contributed by atoms with Crippen LogP contribution in [0.5, 0.6) is 0 Å². The number of carboxylic acids is 1. The van der Waals surface area contributed by atoms with E-state index in [9.17, 15) is 14.2 Å². The minimum atomic E-state index is -4.26. The first-order chi connectivity index (χ1) is 7.43. The summed E-state index contributed by atoms with van der Waals surface area (Å²) < 4.78 is 10.6. The van der Waals surface area contributed by atoms with Crippen molar-refractivity contribution in [3.05, 3.63) is 0 Å². The third-order valence-corrected chi connectivity index (χ3v) is 2.83. The molecule has 1 amide bonds. The second-order valence-corrected chi connectivity index (χ2v) is 6.57. The molecular weight excluding hydrogens is 249 g/mol. The maximum Gasteiger partial charge on any atom is 0.326 e. The normalized spacial score (nSPS) is 14.2. The lowest BCUT2D eigenvalue weighted by Crippen LogP contribution is -2.46. The fraction of sp³-hybridized carbons (Fsp3) is 0.778. The van der Waals surface area contributed by atoms with E-state index in [1.54, 1.807) is 20.8 Å². The van der Waals surface area contributed by atoms with Gasteiger partial charge in [-0.2, -0.15) is 0 Å². The van der Waals surface area contributed by atoms with Crippen LogP contribution in [-0.4, -0.2) is 39.0 Å². The summed E-state index contributed by atoms with van der Waals surface area (Å²) in [6.45, 7) is 4.85. The van der Waals surface area contributed by atoms with Gasteiger partial charge in [0.1, 0.15) is 6.04 Å². The number of carboxylic acid groups (broad SMARTS) is 1. The van der Waals surface area contributed by atoms with Crippen LogP contribution in [0.3, 0.4) is 0 Å². The van der Waals surface area contributed by atoms with E-state index < -0.39 is 37.1 Å². The van der Waals surface area contributed by atoms with E-state index >= 15 is 0 Å². The second kappa shape index (κ2) is 5.62. The van der Waals surface area contributed by atoms with Crippen molar-refractivity contribution in [2.75, 3.05) is 6.16 Å². The highest BCUT2D eigenvalue weighted by molar-refractivity contribution is 7.51. The Balaban J connectivity index is 4.52. The standard InChI is InChI=1S/C9H18NO6P/c1-9(2,3)8(13)10-6(7(11)12)4-5-17(14,15)16/h6H,4-5H2,1-3H3,(H,10,13)(H,11,12)(H2,14,15,16). The van der Waals surface area contributed by atoms with Gasteiger partial charge in [-0.25, -0.2) is 4.79 Å². The van der Waals surface area contributed by atoms with E-state index in [1.165, 1.54) is 0 Å². The van der Waals surface area contributed by atoms with Crippen LogP contribution >= 0.6 is 7.60 Å². The lowest BCUT2D eigenvalue weighted by atomic mass is 9.95. The molecule has 0 aromatic carbocycles. The first-order valence-electron chi connectivity index (χ1n) is 5.02. The van der Waals surface area contributed by atoms with Crippen LogP contribution in [0.15, 0.2) is 0 Å². The second-order valence-electron chi connectivity index (χ2n) is 4.79. The summed E-state index contributed by atoms with van der Waals surface area (Å²) in [5, 5.41) is 11.1. The topological polar surface area (TPSA) is 124 Å². The monoisotopic (exact) mass is 267 g/mol. The maximum absolute atomic E-state index is 11.5. The van der Waals surface area contributed by atoms with Crippen molar-refractivity contribution in [3.63, 3.8) is 0 Å². The molecule has 0 heterocycles. The van der Waals surface area contributed by atoms with Crippen LogP contribution in [-0.2, 0) is 14.2 Å². The SMILES string of the molecule is CC(C)(C)C(=O)NC(CCP(=O)(O)O)C(=O)O. The molecular formula is C9H18NO6P. The van der Waals surface area contributed by atoms with Crippen molar-refractivity contribution >= 4 is 19.5 Å². The van der Waals surface area contributed by atoms with Crippen molar-refractivity contribution in [1.29, 1.82) is 0 Å². The average molecular weight is 267 g/mol. The van der Waals surface area contributed by atoms with Gasteiger partial charge in [-0.15, -0.1) is 0 Å². The molecule has 0 aromatic heterocycles. The lowest BCUT2D eigenvalue weighted by Gasteiger charge is -2.21. The van der Waals surface area contributed by atoms with Crippen molar-refractivity contribution in [3.8, 4) is 0 Å². The van der Waals surface area contributed by atoms with Gasteiger partial charge in [0, 0.05) is 5.41 Å². The molecule has 7 nitrogen and oxygen atoms in total. The van der Waals surface area contributed by atoms with Gasteiger partial charge in [0.2, 0.25) is 5.91 Å². The van der Waals surface area contributed by atoms with E-state index in [4.69, 9.17) is 14.9 Å². The van der Waals surface area contributed by atoms with Gasteiger partial charge in [-0.3, -0.25) is 9.36 Å². The molecule has 0 rings (SSSR count). The van der Waals surface area contributed by atoms with E-state index in [-0.39, 0.29) is 6.42 Å². The van der Waals surface area contributed by atoms with Crippen molar-refractivity contribution in [2.45, 2.75) is 33.2 Å². The smallest absolute Gasteiger partial charge is 0.326 e. The number of hydrogen-bond acceptors (Lipinski definition) is 3. The molecule has 0 fully saturated rings. The predicted molar refractivity (Wildman–Crippen MR) is 60.5 cm³/mol. The number of carbonyl (C=O) groups excluding carboxylic acids is 1. The summed E-state index contributed by atoms with van der Waals surface area (Å²) in [7, 11) is -4.26. The number of aliphatic carboxylic acids is 1. The summed E-state index contributed by atoms with van der Waals surface area (Å²) >= 11 is 0. The molecule has 8 heteroatoms. The number of nitrogens with one attached hydrogen (secondary N) is 1. The van der Waals surface area contributed by atoms with Gasteiger partial charge < -0.3 is 20.2 Å². The third-order valence-electron chi connectivity index (χ3n) is 1.99. The Labute approximate surface area is 99.4 Å². The van der Waals surface area contributed by atoms with Crippen molar-refractivity contribution in [2.24, 2.45) is 5.41 Å². The molecule has 0 aliphatic heterocycles. The fourth-order valence-electron chi connectivity index (χ4n) is 0.929. The molecule has 0 saturated carbocycles. The Bertz CT molecular complexity index is 342. The van der Waals surface area contributed by atoms with Gasteiger partial charge in [0.25, 0.3) is 0 Å². The first-order valence-corrected chi connectivity index (χ1v) is 6.81. The molecule has 0 aromatic rings. The fourth-order valence-corrected chi connectivity index (χ4v) is 1.52. The molecule has 0 aliphatic rings. The molecule has 17 heavy (non-hydrogen) atoms. The van der Waals surface area contributed by atoms with Gasteiger partial charge in [-0.05, 0) is 6.42 Å². The van der Waals surface area contributed by atoms with Gasteiger partial charge in [-0.1, -0.05) is 20.8 Å². The first kappa shape index (κ1) is 16.1. The minimum absolute atomic E-state index is 0.304. The molecule has 1 atom stereocenters. The van der Waals surface area contributed by atoms with Gasteiger partial charge in [0.15, 0.2) is 0 Å². The quantitative estimate of drug-likeness (QED) is 0.526. The van der Waals surface area contributed by atoms with Crippen LogP contribution < -0.4 is 5.32 Å². The zero-order chi connectivity index (χ0) is 13.9. The lowest BCUT2D eigenvalue weighted by molar-refractivity contribution is -0.143. The van der Waals surface area contributed by atoms with E-state index in [0.29, 0.717) is 0 Å². The Morgan fingerprint density at radius 3 is 2.06 bits per heavy atom. The highest BCUT2D eigenvalue weighted by Crippen LogP contribution is 2.35. The Kier molecular flexibility index (Phi) is 5.32. The Hall–Kier alpha value is -0.910. The molecule has 0 radical (unpaired) electrons. The molecule has 0 bridgehead atoms. The molecule has 0 saturated heterocycles. The van der Waals surface area contributed by atoms with Crippen molar-refractivity contribution in [1.82, 2.24) is 5.32 Å². The van der Waals surface area contributed by atoms with Gasteiger partial charge in [0.05, 0.1) is 6.16 Å². The summed E-state index contributed by atoms with van der Waals surface area (Å²) in [4.78, 5) is 39.6. The maximum atomic E-state index is 11.5. The number of carbonyl (C=O) groups is 2. The van der Waals surface area contributed by atoms with Crippen LogP contribution in [0.2, 0.25) is 0 Å². The van der Waals surface area contributed by atoms with Crippen LogP contribution in [0.25, 0.3) is 0 Å². The predicted octanol–water partition coefficient (Wildman–Crippen LogP) is 0.170. The molecule has 0 aliphatic carbocycles. The summed E-state index contributed by atoms with van der Waals surface area (Å²) in [5.74, 6) is -1.79. The summed E-state index contributed by atoms with van der Waals surface area (Å²) in [6.07, 6.45) is -0.879. The zero-order valence-electron chi connectivity index (χ0n) is 10.0. The molecule has 1 unspecified atom stereocenters. The van der Waals surface area contributed by atoms with E-state index in [0.717, 1.165) is 0 Å². The average Bonchev–Trinajstić information content (AvgIpc) is 2.07. The molecule has 100 valence electrons. The molecule has 0 spiro atoms. The van der Waals surface area contributed by atoms with Crippen LogP contribution in [0.4, 0.5) is 0 Å². The summed E-state index contributed by atoms with van der Waals surface area (Å²) in [6, 6.07) is -1.28. The minimum Gasteiger partial charge on any atom is -0.480 e. The van der Waals surface area contributed by atoms with Crippen LogP contribution in [0.1, 0.15) is 27.2 Å². The number of hydrogen-bond donors (Lipinski definition) is 4. The Morgan fingerprint density at radius 2 is 1.76 bits per heavy atom.